The summed E-state index contributed by atoms with van der Waals surface area (Å²) in [6.07, 6.45) is 3.05. The number of hydrogen-bond acceptors (Lipinski definition) is 3. The Labute approximate surface area is 149 Å². The molecule has 3 rings (SSSR count). The third kappa shape index (κ3) is 3.78. The predicted octanol–water partition coefficient (Wildman–Crippen LogP) is 4.21. The molecule has 1 unspecified atom stereocenters. The summed E-state index contributed by atoms with van der Waals surface area (Å²) in [5, 5.41) is 3.19. The molecular formula is C21H25NO3. The Hall–Kier alpha value is -2.49. The van der Waals surface area contributed by atoms with Crippen LogP contribution in [0.15, 0.2) is 36.4 Å². The number of amides is 1. The van der Waals surface area contributed by atoms with E-state index in [1.807, 2.05) is 38.1 Å². The fourth-order valence-electron chi connectivity index (χ4n) is 3.42. The van der Waals surface area contributed by atoms with Crippen LogP contribution >= 0.6 is 0 Å². The molecule has 2 aromatic rings. The molecule has 0 fully saturated rings. The Kier molecular flexibility index (Phi) is 5.27. The summed E-state index contributed by atoms with van der Waals surface area (Å²) >= 11 is 0. The van der Waals surface area contributed by atoms with Gasteiger partial charge in [0, 0.05) is 5.56 Å². The van der Waals surface area contributed by atoms with Crippen LogP contribution in [0, 0.1) is 6.92 Å². The maximum absolute atomic E-state index is 12.7. The van der Waals surface area contributed by atoms with Gasteiger partial charge in [0.05, 0.1) is 19.8 Å². The first-order chi connectivity index (χ1) is 12.1. The van der Waals surface area contributed by atoms with E-state index < -0.39 is 0 Å². The minimum Gasteiger partial charge on any atom is -0.497 e. The van der Waals surface area contributed by atoms with E-state index in [2.05, 4.69) is 17.4 Å². The molecule has 0 saturated carbocycles. The van der Waals surface area contributed by atoms with Crippen LogP contribution < -0.4 is 14.8 Å². The normalized spacial score (nSPS) is 16.0. The maximum Gasteiger partial charge on any atom is 0.251 e. The van der Waals surface area contributed by atoms with Crippen LogP contribution in [-0.2, 0) is 6.42 Å². The number of hydrogen-bond donors (Lipinski definition) is 1. The third-order valence-corrected chi connectivity index (χ3v) is 4.71. The highest BCUT2D eigenvalue weighted by Crippen LogP contribution is 2.32. The summed E-state index contributed by atoms with van der Waals surface area (Å²) in [6.45, 7) is 4.54. The quantitative estimate of drug-likeness (QED) is 0.888. The van der Waals surface area contributed by atoms with Gasteiger partial charge in [-0.25, -0.2) is 0 Å². The Bertz CT molecular complexity index is 770. The van der Waals surface area contributed by atoms with Gasteiger partial charge in [-0.2, -0.15) is 0 Å². The van der Waals surface area contributed by atoms with Gasteiger partial charge in [-0.1, -0.05) is 6.07 Å². The SMILES string of the molecule is CCOc1ccc(C(=O)NC2CCCc3cc(OC)ccc32)cc1C. The fourth-order valence-corrected chi connectivity index (χ4v) is 3.42. The number of ether oxygens (including phenoxy) is 2. The van der Waals surface area contributed by atoms with Gasteiger partial charge in [0.15, 0.2) is 0 Å². The van der Waals surface area contributed by atoms with Crippen molar-refractivity contribution in [1.29, 1.82) is 0 Å². The molecule has 1 amide bonds. The summed E-state index contributed by atoms with van der Waals surface area (Å²) in [5.74, 6) is 1.65. The van der Waals surface area contributed by atoms with Crippen molar-refractivity contribution >= 4 is 5.91 Å². The van der Waals surface area contributed by atoms with E-state index in [0.29, 0.717) is 12.2 Å². The van der Waals surface area contributed by atoms with Gasteiger partial charge in [-0.05, 0) is 80.1 Å². The largest absolute Gasteiger partial charge is 0.497 e. The third-order valence-electron chi connectivity index (χ3n) is 4.71. The topological polar surface area (TPSA) is 47.6 Å². The van der Waals surface area contributed by atoms with E-state index in [1.165, 1.54) is 11.1 Å². The molecule has 132 valence electrons. The molecule has 0 saturated heterocycles. The molecule has 25 heavy (non-hydrogen) atoms. The summed E-state index contributed by atoms with van der Waals surface area (Å²) < 4.78 is 10.9. The first-order valence-electron chi connectivity index (χ1n) is 8.83. The van der Waals surface area contributed by atoms with Crippen LogP contribution in [0.1, 0.15) is 52.9 Å². The second-order valence-electron chi connectivity index (χ2n) is 6.40. The van der Waals surface area contributed by atoms with Gasteiger partial charge in [0.1, 0.15) is 11.5 Å². The van der Waals surface area contributed by atoms with Gasteiger partial charge >= 0.3 is 0 Å². The molecule has 0 bridgehead atoms. The number of methoxy groups -OCH3 is 1. The standard InChI is InChI=1S/C21H25NO3/c1-4-25-20-11-8-16(12-14(20)2)21(23)22-19-7-5-6-15-13-17(24-3)9-10-18(15)19/h8-13,19H,4-7H2,1-3H3,(H,22,23). The monoisotopic (exact) mass is 339 g/mol. The van der Waals surface area contributed by atoms with Crippen molar-refractivity contribution in [1.82, 2.24) is 5.32 Å². The number of nitrogens with one attached hydrogen (secondary N) is 1. The summed E-state index contributed by atoms with van der Waals surface area (Å²) in [7, 11) is 1.68. The molecule has 1 aliphatic rings. The van der Waals surface area contributed by atoms with E-state index in [0.717, 1.165) is 36.3 Å². The Balaban J connectivity index is 1.77. The first-order valence-corrected chi connectivity index (χ1v) is 8.83. The lowest BCUT2D eigenvalue weighted by Gasteiger charge is -2.27. The van der Waals surface area contributed by atoms with Gasteiger partial charge in [-0.3, -0.25) is 4.79 Å². The zero-order valence-electron chi connectivity index (χ0n) is 15.1. The van der Waals surface area contributed by atoms with Crippen LogP contribution in [-0.4, -0.2) is 19.6 Å². The highest BCUT2D eigenvalue weighted by atomic mass is 16.5. The number of rotatable bonds is 5. The minimum atomic E-state index is -0.0418. The van der Waals surface area contributed by atoms with Crippen LogP contribution in [0.25, 0.3) is 0 Å². The van der Waals surface area contributed by atoms with Crippen molar-refractivity contribution in [2.24, 2.45) is 0 Å². The van der Waals surface area contributed by atoms with Gasteiger partial charge in [0.2, 0.25) is 0 Å². The molecule has 2 aromatic carbocycles. The molecule has 4 nitrogen and oxygen atoms in total. The van der Waals surface area contributed by atoms with Gasteiger partial charge < -0.3 is 14.8 Å². The van der Waals surface area contributed by atoms with Crippen molar-refractivity contribution in [2.45, 2.75) is 39.2 Å². The van der Waals surface area contributed by atoms with Gasteiger partial charge in [-0.15, -0.1) is 0 Å². The Morgan fingerprint density at radius 1 is 1.24 bits per heavy atom. The molecular weight excluding hydrogens is 314 g/mol. The number of fused-ring (bicyclic) bond motifs is 1. The van der Waals surface area contributed by atoms with Gasteiger partial charge in [0.25, 0.3) is 5.91 Å². The van der Waals surface area contributed by atoms with Crippen molar-refractivity contribution in [3.8, 4) is 11.5 Å². The van der Waals surface area contributed by atoms with E-state index in [9.17, 15) is 4.79 Å². The molecule has 1 atom stereocenters. The number of carbonyl (C=O) groups is 1. The molecule has 0 aromatic heterocycles. The van der Waals surface area contributed by atoms with Crippen LogP contribution in [0.4, 0.5) is 0 Å². The van der Waals surface area contributed by atoms with E-state index in [1.54, 1.807) is 7.11 Å². The Morgan fingerprint density at radius 3 is 2.80 bits per heavy atom. The molecule has 0 spiro atoms. The molecule has 0 aliphatic heterocycles. The molecule has 1 N–H and O–H groups in total. The van der Waals surface area contributed by atoms with Crippen molar-refractivity contribution in [3.63, 3.8) is 0 Å². The van der Waals surface area contributed by atoms with E-state index in [-0.39, 0.29) is 11.9 Å². The maximum atomic E-state index is 12.7. The van der Waals surface area contributed by atoms with Crippen molar-refractivity contribution in [3.05, 3.63) is 58.7 Å². The highest BCUT2D eigenvalue weighted by molar-refractivity contribution is 5.94. The van der Waals surface area contributed by atoms with Crippen molar-refractivity contribution < 1.29 is 14.3 Å². The molecule has 4 heteroatoms. The summed E-state index contributed by atoms with van der Waals surface area (Å²) in [4.78, 5) is 12.7. The zero-order chi connectivity index (χ0) is 17.8. The molecule has 1 aliphatic carbocycles. The second-order valence-corrected chi connectivity index (χ2v) is 6.40. The number of carbonyl (C=O) groups excluding carboxylic acids is 1. The minimum absolute atomic E-state index is 0.0418. The average Bonchev–Trinajstić information content (AvgIpc) is 2.63. The van der Waals surface area contributed by atoms with E-state index in [4.69, 9.17) is 9.47 Å². The number of aryl methyl sites for hydroxylation is 2. The Morgan fingerprint density at radius 2 is 2.08 bits per heavy atom. The molecule has 0 radical (unpaired) electrons. The number of benzene rings is 2. The highest BCUT2D eigenvalue weighted by Gasteiger charge is 2.23. The van der Waals surface area contributed by atoms with Crippen LogP contribution in [0.5, 0.6) is 11.5 Å². The smallest absolute Gasteiger partial charge is 0.251 e. The van der Waals surface area contributed by atoms with Crippen LogP contribution in [0.3, 0.4) is 0 Å². The molecule has 0 heterocycles. The first kappa shape index (κ1) is 17.3. The van der Waals surface area contributed by atoms with Crippen molar-refractivity contribution in [2.75, 3.05) is 13.7 Å². The second kappa shape index (κ2) is 7.60. The lowest BCUT2D eigenvalue weighted by Crippen LogP contribution is -2.31. The fraction of sp³-hybridized carbons (Fsp3) is 0.381. The summed E-state index contributed by atoms with van der Waals surface area (Å²) in [6, 6.07) is 11.7. The predicted molar refractivity (Wildman–Crippen MR) is 98.5 cm³/mol. The lowest BCUT2D eigenvalue weighted by atomic mass is 9.87. The van der Waals surface area contributed by atoms with Crippen LogP contribution in [0.2, 0.25) is 0 Å². The average molecular weight is 339 g/mol. The van der Waals surface area contributed by atoms with E-state index >= 15 is 0 Å². The zero-order valence-corrected chi connectivity index (χ0v) is 15.1. The lowest BCUT2D eigenvalue weighted by molar-refractivity contribution is 0.0932. The summed E-state index contributed by atoms with van der Waals surface area (Å²) in [5.41, 5.74) is 4.10.